The highest BCUT2D eigenvalue weighted by molar-refractivity contribution is 5.77. The van der Waals surface area contributed by atoms with Gasteiger partial charge in [-0.15, -0.1) is 0 Å². The molecule has 0 aromatic rings. The number of piperidine rings is 4. The van der Waals surface area contributed by atoms with Crippen LogP contribution in [0.15, 0.2) is 0 Å². The monoisotopic (exact) mass is 249 g/mol. The molecule has 3 heteroatoms. The lowest BCUT2D eigenvalue weighted by Crippen LogP contribution is -3.20. The second-order valence-corrected chi connectivity index (χ2v) is 6.90. The summed E-state index contributed by atoms with van der Waals surface area (Å²) in [5, 5.41) is 0. The molecule has 0 aromatic carbocycles. The van der Waals surface area contributed by atoms with E-state index in [2.05, 4.69) is 4.90 Å². The lowest BCUT2D eigenvalue weighted by molar-refractivity contribution is -0.946. The average Bonchev–Trinajstić information content (AvgIpc) is 2.41. The zero-order valence-corrected chi connectivity index (χ0v) is 11.2. The summed E-state index contributed by atoms with van der Waals surface area (Å²) in [6.45, 7) is 3.89. The summed E-state index contributed by atoms with van der Waals surface area (Å²) in [4.78, 5) is 16.4. The first-order valence-corrected chi connectivity index (χ1v) is 7.98. The fourth-order valence-corrected chi connectivity index (χ4v) is 5.48. The Bertz CT molecular complexity index is 354. The number of hydrogen-bond donors (Lipinski definition) is 1. The van der Waals surface area contributed by atoms with Gasteiger partial charge in [0.05, 0.1) is 19.1 Å². The van der Waals surface area contributed by atoms with Gasteiger partial charge in [0.15, 0.2) is 0 Å². The average molecular weight is 249 g/mol. The SMILES string of the molecule is O=C1CCCC2C3CCC[NH+]4CCCC(CN12)C34. The number of nitrogens with zero attached hydrogens (tertiary/aromatic N) is 1. The molecule has 100 valence electrons. The van der Waals surface area contributed by atoms with Gasteiger partial charge in [-0.1, -0.05) is 0 Å². The van der Waals surface area contributed by atoms with Crippen LogP contribution in [0, 0.1) is 11.8 Å². The van der Waals surface area contributed by atoms with Crippen LogP contribution in [0.5, 0.6) is 0 Å². The van der Waals surface area contributed by atoms with Crippen LogP contribution in [0.1, 0.15) is 44.9 Å². The molecule has 5 atom stereocenters. The summed E-state index contributed by atoms with van der Waals surface area (Å²) in [7, 11) is 0. The Hall–Kier alpha value is -0.570. The van der Waals surface area contributed by atoms with Crippen LogP contribution in [-0.4, -0.2) is 42.5 Å². The summed E-state index contributed by atoms with van der Waals surface area (Å²) in [5.41, 5.74) is 0. The fourth-order valence-electron chi connectivity index (χ4n) is 5.48. The Labute approximate surface area is 110 Å². The number of nitrogens with one attached hydrogen (secondary N) is 1. The van der Waals surface area contributed by atoms with Gasteiger partial charge in [-0.25, -0.2) is 0 Å². The lowest BCUT2D eigenvalue weighted by Gasteiger charge is -2.56. The molecule has 1 N–H and O–H groups in total. The molecule has 18 heavy (non-hydrogen) atoms. The van der Waals surface area contributed by atoms with Crippen LogP contribution in [-0.2, 0) is 4.79 Å². The van der Waals surface area contributed by atoms with Crippen molar-refractivity contribution in [3.63, 3.8) is 0 Å². The highest BCUT2D eigenvalue weighted by Crippen LogP contribution is 2.39. The van der Waals surface area contributed by atoms with Gasteiger partial charge in [0, 0.05) is 30.8 Å². The number of rotatable bonds is 0. The quantitative estimate of drug-likeness (QED) is 0.662. The molecule has 4 aliphatic rings. The fraction of sp³-hybridized carbons (Fsp3) is 0.933. The van der Waals surface area contributed by atoms with E-state index in [-0.39, 0.29) is 0 Å². The van der Waals surface area contributed by atoms with Crippen molar-refractivity contribution in [3.8, 4) is 0 Å². The predicted octanol–water partition coefficient (Wildman–Crippen LogP) is 0.455. The van der Waals surface area contributed by atoms with Gasteiger partial charge in [0.2, 0.25) is 5.91 Å². The minimum Gasteiger partial charge on any atom is -0.339 e. The van der Waals surface area contributed by atoms with Crippen molar-refractivity contribution in [3.05, 3.63) is 0 Å². The standard InChI is InChI=1S/C15H24N2O/c18-14-7-1-6-13-12-5-3-9-16-8-2-4-11(15(12)16)10-17(13)14/h11-13,15H,1-10H2/p+1. The molecule has 4 rings (SSSR count). The number of amides is 1. The third-order valence-electron chi connectivity index (χ3n) is 6.09. The minimum atomic E-state index is 0.461. The van der Waals surface area contributed by atoms with E-state index in [9.17, 15) is 4.79 Å². The molecule has 4 aliphatic heterocycles. The summed E-state index contributed by atoms with van der Waals surface area (Å²) >= 11 is 0. The molecule has 4 heterocycles. The van der Waals surface area contributed by atoms with Crippen LogP contribution in [0.4, 0.5) is 0 Å². The van der Waals surface area contributed by atoms with Gasteiger partial charge in [0.25, 0.3) is 0 Å². The topological polar surface area (TPSA) is 24.8 Å². The van der Waals surface area contributed by atoms with Gasteiger partial charge < -0.3 is 9.80 Å². The number of fused-ring (bicyclic) bond motifs is 2. The molecular weight excluding hydrogens is 224 g/mol. The second-order valence-electron chi connectivity index (χ2n) is 6.90. The van der Waals surface area contributed by atoms with Gasteiger partial charge in [-0.3, -0.25) is 4.79 Å². The van der Waals surface area contributed by atoms with Crippen LogP contribution in [0.2, 0.25) is 0 Å². The summed E-state index contributed by atoms with van der Waals surface area (Å²) < 4.78 is 0. The molecule has 0 bridgehead atoms. The summed E-state index contributed by atoms with van der Waals surface area (Å²) in [6, 6.07) is 1.51. The van der Waals surface area contributed by atoms with E-state index in [0.29, 0.717) is 11.9 Å². The predicted molar refractivity (Wildman–Crippen MR) is 69.3 cm³/mol. The first kappa shape index (κ1) is 11.3. The van der Waals surface area contributed by atoms with Crippen molar-refractivity contribution in [2.24, 2.45) is 11.8 Å². The summed E-state index contributed by atoms with van der Waals surface area (Å²) in [6.07, 6.45) is 8.78. The first-order chi connectivity index (χ1) is 8.84. The molecule has 4 saturated heterocycles. The molecule has 0 aliphatic carbocycles. The molecular formula is C15H25N2O+. The highest BCUT2D eigenvalue weighted by atomic mass is 16.2. The Balaban J connectivity index is 1.66. The Morgan fingerprint density at radius 1 is 1.06 bits per heavy atom. The number of carbonyl (C=O) groups is 1. The van der Waals surface area contributed by atoms with Gasteiger partial charge in [-0.2, -0.15) is 0 Å². The van der Waals surface area contributed by atoms with E-state index < -0.39 is 0 Å². The zero-order valence-electron chi connectivity index (χ0n) is 11.2. The normalized spacial score (nSPS) is 47.4. The molecule has 4 fully saturated rings. The number of hydrogen-bond acceptors (Lipinski definition) is 1. The molecule has 3 nitrogen and oxygen atoms in total. The first-order valence-electron chi connectivity index (χ1n) is 7.98. The Kier molecular flexibility index (Phi) is 2.65. The van der Waals surface area contributed by atoms with Crippen molar-refractivity contribution in [2.45, 2.75) is 57.0 Å². The third kappa shape index (κ3) is 1.56. The largest absolute Gasteiger partial charge is 0.339 e. The number of quaternary nitrogens is 1. The lowest BCUT2D eigenvalue weighted by atomic mass is 9.68. The van der Waals surface area contributed by atoms with Crippen LogP contribution < -0.4 is 4.90 Å². The van der Waals surface area contributed by atoms with Crippen molar-refractivity contribution in [2.75, 3.05) is 19.6 Å². The van der Waals surface area contributed by atoms with Gasteiger partial charge in [-0.05, 0) is 38.5 Å². The molecule has 0 spiro atoms. The third-order valence-corrected chi connectivity index (χ3v) is 6.09. The maximum Gasteiger partial charge on any atom is 0.222 e. The molecule has 1 amide bonds. The second kappa shape index (κ2) is 4.22. The van der Waals surface area contributed by atoms with Crippen LogP contribution >= 0.6 is 0 Å². The van der Waals surface area contributed by atoms with E-state index in [1.165, 1.54) is 45.2 Å². The van der Waals surface area contributed by atoms with E-state index in [1.54, 1.807) is 0 Å². The van der Waals surface area contributed by atoms with Crippen molar-refractivity contribution in [1.29, 1.82) is 0 Å². The molecule has 5 unspecified atom stereocenters. The maximum atomic E-state index is 12.2. The number of carbonyl (C=O) groups excluding carboxylic acids is 1. The van der Waals surface area contributed by atoms with Gasteiger partial charge >= 0.3 is 0 Å². The van der Waals surface area contributed by atoms with E-state index in [0.717, 1.165) is 37.3 Å². The van der Waals surface area contributed by atoms with Gasteiger partial charge in [0.1, 0.15) is 0 Å². The smallest absolute Gasteiger partial charge is 0.222 e. The van der Waals surface area contributed by atoms with Crippen molar-refractivity contribution in [1.82, 2.24) is 4.90 Å². The highest BCUT2D eigenvalue weighted by Gasteiger charge is 2.52. The maximum absolute atomic E-state index is 12.2. The van der Waals surface area contributed by atoms with E-state index >= 15 is 0 Å². The van der Waals surface area contributed by atoms with Crippen LogP contribution in [0.25, 0.3) is 0 Å². The molecule has 0 aromatic heterocycles. The van der Waals surface area contributed by atoms with E-state index in [1.807, 2.05) is 4.90 Å². The van der Waals surface area contributed by atoms with Crippen molar-refractivity contribution < 1.29 is 9.69 Å². The minimum absolute atomic E-state index is 0.461. The Morgan fingerprint density at radius 3 is 2.78 bits per heavy atom. The molecule has 0 radical (unpaired) electrons. The zero-order chi connectivity index (χ0) is 12.1. The van der Waals surface area contributed by atoms with E-state index in [4.69, 9.17) is 0 Å². The van der Waals surface area contributed by atoms with Crippen molar-refractivity contribution >= 4 is 5.91 Å². The molecule has 0 saturated carbocycles. The Morgan fingerprint density at radius 2 is 1.89 bits per heavy atom. The van der Waals surface area contributed by atoms with Crippen LogP contribution in [0.3, 0.4) is 0 Å². The summed E-state index contributed by atoms with van der Waals surface area (Å²) in [5.74, 6) is 2.11.